The van der Waals surface area contributed by atoms with Gasteiger partial charge >= 0.3 is 11.9 Å². The van der Waals surface area contributed by atoms with E-state index in [0.717, 1.165) is 24.6 Å². The molecule has 0 unspecified atom stereocenters. The summed E-state index contributed by atoms with van der Waals surface area (Å²) in [6.45, 7) is 5.29. The van der Waals surface area contributed by atoms with Crippen LogP contribution in [0.3, 0.4) is 0 Å². The summed E-state index contributed by atoms with van der Waals surface area (Å²) < 4.78 is 9.66. The summed E-state index contributed by atoms with van der Waals surface area (Å²) >= 11 is 1.11. The third-order valence-corrected chi connectivity index (χ3v) is 3.28. The van der Waals surface area contributed by atoms with Crippen LogP contribution < -0.4 is 11.1 Å². The first kappa shape index (κ1) is 20.3. The zero-order chi connectivity index (χ0) is 17.0. The van der Waals surface area contributed by atoms with Crippen molar-refractivity contribution < 1.29 is 23.9 Å². The van der Waals surface area contributed by atoms with E-state index in [-0.39, 0.29) is 35.8 Å². The van der Waals surface area contributed by atoms with Gasteiger partial charge in [-0.05, 0) is 13.3 Å². The fourth-order valence-corrected chi connectivity index (χ4v) is 2.03. The lowest BCUT2D eigenvalue weighted by atomic mass is 10.2. The van der Waals surface area contributed by atoms with E-state index in [4.69, 9.17) is 15.2 Å². The van der Waals surface area contributed by atoms with Crippen LogP contribution >= 0.6 is 11.8 Å². The average Bonchev–Trinajstić information content (AvgIpc) is 2.46. The van der Waals surface area contributed by atoms with Gasteiger partial charge in [0.1, 0.15) is 6.61 Å². The molecular formula is C14H24N2O5S. The predicted molar refractivity (Wildman–Crippen MR) is 84.6 cm³/mol. The van der Waals surface area contributed by atoms with Crippen LogP contribution in [0.2, 0.25) is 0 Å². The van der Waals surface area contributed by atoms with E-state index >= 15 is 0 Å². The lowest BCUT2D eigenvalue weighted by Crippen LogP contribution is -2.31. The van der Waals surface area contributed by atoms with Crippen molar-refractivity contribution in [1.29, 1.82) is 0 Å². The van der Waals surface area contributed by atoms with E-state index in [9.17, 15) is 14.4 Å². The highest BCUT2D eigenvalue weighted by Gasteiger charge is 2.18. The van der Waals surface area contributed by atoms with E-state index in [0.29, 0.717) is 12.2 Å². The van der Waals surface area contributed by atoms with Crippen LogP contribution in [-0.2, 0) is 23.9 Å². The van der Waals surface area contributed by atoms with E-state index < -0.39 is 5.97 Å². The van der Waals surface area contributed by atoms with Crippen molar-refractivity contribution in [2.45, 2.75) is 40.0 Å². The van der Waals surface area contributed by atoms with Crippen LogP contribution in [0, 0.1) is 0 Å². The van der Waals surface area contributed by atoms with Crippen molar-refractivity contribution in [2.24, 2.45) is 5.73 Å². The van der Waals surface area contributed by atoms with Crippen LogP contribution in [0.5, 0.6) is 0 Å². The number of carbonyl (C=O) groups excluding carboxylic acids is 3. The molecule has 7 nitrogen and oxygen atoms in total. The monoisotopic (exact) mass is 332 g/mol. The highest BCUT2D eigenvalue weighted by molar-refractivity contribution is 8.03. The molecule has 0 aliphatic carbocycles. The largest absolute Gasteiger partial charge is 0.465 e. The fraction of sp³-hybridized carbons (Fsp3) is 0.643. The van der Waals surface area contributed by atoms with Crippen molar-refractivity contribution >= 4 is 29.6 Å². The molecule has 0 heterocycles. The van der Waals surface area contributed by atoms with E-state index in [1.54, 1.807) is 6.92 Å². The molecule has 126 valence electrons. The molecule has 0 saturated heterocycles. The number of amides is 1. The molecule has 0 bridgehead atoms. The fourth-order valence-electron chi connectivity index (χ4n) is 1.36. The van der Waals surface area contributed by atoms with Crippen LogP contribution in [0.4, 0.5) is 0 Å². The molecule has 1 amide bonds. The minimum Gasteiger partial charge on any atom is -0.465 e. The van der Waals surface area contributed by atoms with Crippen molar-refractivity contribution in [1.82, 2.24) is 5.32 Å². The van der Waals surface area contributed by atoms with Gasteiger partial charge in [-0.15, -0.1) is 11.8 Å². The van der Waals surface area contributed by atoms with Crippen LogP contribution in [0.25, 0.3) is 0 Å². The first-order chi connectivity index (χ1) is 10.4. The summed E-state index contributed by atoms with van der Waals surface area (Å²) in [7, 11) is 0. The van der Waals surface area contributed by atoms with Gasteiger partial charge in [0.05, 0.1) is 11.6 Å². The lowest BCUT2D eigenvalue weighted by molar-refractivity contribution is -0.141. The Bertz CT molecular complexity index is 423. The maximum absolute atomic E-state index is 11.9. The highest BCUT2D eigenvalue weighted by Crippen LogP contribution is 2.14. The Kier molecular flexibility index (Phi) is 11.0. The summed E-state index contributed by atoms with van der Waals surface area (Å²) in [6.07, 6.45) is 1.91. The Balaban J connectivity index is 4.72. The molecule has 0 saturated carbocycles. The number of esters is 2. The standard InChI is InChI=1S/C14H24N2O5S/c1-4-6-7-11(18)16-12(14(19)20-5-2)13(15)22-9-8-21-10(3)17/h4-9,15H2,1-3H3,(H,16,18)/b13-12+. The minimum atomic E-state index is -0.676. The second kappa shape index (κ2) is 11.9. The number of hydrogen-bond donors (Lipinski definition) is 2. The van der Waals surface area contributed by atoms with Crippen molar-refractivity contribution in [3.8, 4) is 0 Å². The SMILES string of the molecule is CCCCC(=O)N/C(C(=O)OCC)=C(\N)SCCOC(C)=O. The number of nitrogens with one attached hydrogen (secondary N) is 1. The average molecular weight is 332 g/mol. The Morgan fingerprint density at radius 3 is 2.41 bits per heavy atom. The van der Waals surface area contributed by atoms with Gasteiger partial charge in [0.15, 0.2) is 5.70 Å². The third-order valence-electron chi connectivity index (χ3n) is 2.39. The van der Waals surface area contributed by atoms with Gasteiger partial charge < -0.3 is 20.5 Å². The number of carbonyl (C=O) groups is 3. The Morgan fingerprint density at radius 1 is 1.18 bits per heavy atom. The molecule has 0 atom stereocenters. The number of nitrogens with two attached hydrogens (primary N) is 1. The second-order valence-electron chi connectivity index (χ2n) is 4.30. The molecule has 0 aliphatic rings. The van der Waals surface area contributed by atoms with E-state index in [2.05, 4.69) is 5.32 Å². The number of thioether (sulfide) groups is 1. The van der Waals surface area contributed by atoms with Crippen LogP contribution in [0.1, 0.15) is 40.0 Å². The first-order valence-electron chi connectivity index (χ1n) is 7.15. The maximum atomic E-state index is 11.9. The van der Waals surface area contributed by atoms with Gasteiger partial charge in [-0.2, -0.15) is 0 Å². The van der Waals surface area contributed by atoms with Crippen molar-refractivity contribution in [3.05, 3.63) is 10.7 Å². The molecule has 0 aliphatic heterocycles. The van der Waals surface area contributed by atoms with Gasteiger partial charge in [-0.3, -0.25) is 9.59 Å². The molecule has 0 aromatic rings. The molecule has 0 fully saturated rings. The normalized spacial score (nSPS) is 11.4. The molecule has 22 heavy (non-hydrogen) atoms. The molecule has 0 aromatic heterocycles. The molecule has 0 spiro atoms. The molecule has 8 heteroatoms. The molecule has 3 N–H and O–H groups in total. The third kappa shape index (κ3) is 9.28. The number of rotatable bonds is 10. The van der Waals surface area contributed by atoms with Crippen LogP contribution in [-0.4, -0.2) is 36.8 Å². The smallest absolute Gasteiger partial charge is 0.357 e. The first-order valence-corrected chi connectivity index (χ1v) is 8.13. The Hall–Kier alpha value is -1.70. The van der Waals surface area contributed by atoms with Crippen LogP contribution in [0.15, 0.2) is 10.7 Å². The van der Waals surface area contributed by atoms with Crippen molar-refractivity contribution in [2.75, 3.05) is 19.0 Å². The molecule has 0 radical (unpaired) electrons. The molecule has 0 rings (SSSR count). The Labute approximate surface area is 135 Å². The van der Waals surface area contributed by atoms with Gasteiger partial charge in [0, 0.05) is 19.1 Å². The lowest BCUT2D eigenvalue weighted by Gasteiger charge is -2.12. The van der Waals surface area contributed by atoms with Gasteiger partial charge in [0.2, 0.25) is 5.91 Å². The van der Waals surface area contributed by atoms with E-state index in [1.807, 2.05) is 6.92 Å². The number of ether oxygens (including phenoxy) is 2. The van der Waals surface area contributed by atoms with Gasteiger partial charge in [0.25, 0.3) is 0 Å². The number of hydrogen-bond acceptors (Lipinski definition) is 7. The zero-order valence-corrected chi connectivity index (χ0v) is 14.1. The summed E-state index contributed by atoms with van der Waals surface area (Å²) in [5, 5.41) is 2.63. The summed E-state index contributed by atoms with van der Waals surface area (Å²) in [4.78, 5) is 34.3. The highest BCUT2D eigenvalue weighted by atomic mass is 32.2. The van der Waals surface area contributed by atoms with Gasteiger partial charge in [-0.25, -0.2) is 4.79 Å². The van der Waals surface area contributed by atoms with Crippen molar-refractivity contribution in [3.63, 3.8) is 0 Å². The summed E-state index contributed by atoms with van der Waals surface area (Å²) in [6, 6.07) is 0. The maximum Gasteiger partial charge on any atom is 0.357 e. The summed E-state index contributed by atoms with van der Waals surface area (Å²) in [5.74, 6) is -0.973. The summed E-state index contributed by atoms with van der Waals surface area (Å²) in [5.41, 5.74) is 5.77. The predicted octanol–water partition coefficient (Wildman–Crippen LogP) is 1.28. The molecule has 0 aromatic carbocycles. The molecular weight excluding hydrogens is 308 g/mol. The topological polar surface area (TPSA) is 108 Å². The Morgan fingerprint density at radius 2 is 1.86 bits per heavy atom. The zero-order valence-electron chi connectivity index (χ0n) is 13.3. The van der Waals surface area contributed by atoms with E-state index in [1.165, 1.54) is 6.92 Å². The second-order valence-corrected chi connectivity index (χ2v) is 5.44. The minimum absolute atomic E-state index is 0.0595. The van der Waals surface area contributed by atoms with Gasteiger partial charge in [-0.1, -0.05) is 13.3 Å². The quantitative estimate of drug-likeness (QED) is 0.352. The number of unbranched alkanes of at least 4 members (excludes halogenated alkanes) is 1.